The van der Waals surface area contributed by atoms with Crippen molar-refractivity contribution in [1.29, 1.82) is 0 Å². The Morgan fingerprint density at radius 1 is 0.778 bits per heavy atom. The number of rotatable bonds is 3. The van der Waals surface area contributed by atoms with Crippen molar-refractivity contribution in [2.45, 2.75) is 0 Å². The van der Waals surface area contributed by atoms with Gasteiger partial charge in [0.2, 0.25) is 6.79 Å². The normalized spacial score (nSPS) is 12.3. The molecule has 0 N–H and O–H groups in total. The third kappa shape index (κ3) is 2.98. The van der Waals surface area contributed by atoms with Gasteiger partial charge in [0.1, 0.15) is 0 Å². The van der Waals surface area contributed by atoms with Crippen molar-refractivity contribution < 1.29 is 9.47 Å². The van der Waals surface area contributed by atoms with Crippen molar-refractivity contribution in [3.8, 4) is 39.7 Å². The van der Waals surface area contributed by atoms with Gasteiger partial charge in [0.05, 0.1) is 17.1 Å². The van der Waals surface area contributed by atoms with E-state index < -0.39 is 0 Å². The van der Waals surface area contributed by atoms with E-state index in [-0.39, 0.29) is 6.79 Å². The fraction of sp³-hybridized carbons (Fsp3) is 0.0455. The van der Waals surface area contributed by atoms with Gasteiger partial charge in [-0.1, -0.05) is 60.7 Å². The molecule has 0 aliphatic carbocycles. The van der Waals surface area contributed by atoms with Crippen LogP contribution in [0.4, 0.5) is 0 Å². The molecule has 0 bridgehead atoms. The number of halogens is 1. The number of ether oxygens (including phenoxy) is 2. The molecule has 27 heavy (non-hydrogen) atoms. The van der Waals surface area contributed by atoms with Crippen molar-refractivity contribution in [1.82, 2.24) is 9.78 Å². The minimum absolute atomic E-state index is 0.259. The van der Waals surface area contributed by atoms with Crippen LogP contribution in [0.2, 0.25) is 0 Å². The van der Waals surface area contributed by atoms with Crippen LogP contribution >= 0.6 is 22.6 Å². The van der Waals surface area contributed by atoms with Gasteiger partial charge in [-0.2, -0.15) is 5.10 Å². The molecule has 5 heteroatoms. The third-order valence-electron chi connectivity index (χ3n) is 4.52. The Hall–Kier alpha value is -2.80. The second-order valence-electron chi connectivity index (χ2n) is 6.22. The van der Waals surface area contributed by atoms with Crippen LogP contribution in [0.1, 0.15) is 0 Å². The number of hydrogen-bond donors (Lipinski definition) is 0. The largest absolute Gasteiger partial charge is 0.454 e. The molecule has 0 atom stereocenters. The van der Waals surface area contributed by atoms with Crippen molar-refractivity contribution in [3.63, 3.8) is 0 Å². The highest BCUT2D eigenvalue weighted by atomic mass is 127. The van der Waals surface area contributed by atoms with E-state index >= 15 is 0 Å². The number of benzene rings is 3. The van der Waals surface area contributed by atoms with Crippen molar-refractivity contribution in [2.24, 2.45) is 0 Å². The zero-order valence-corrected chi connectivity index (χ0v) is 16.5. The van der Waals surface area contributed by atoms with E-state index in [4.69, 9.17) is 14.6 Å². The molecule has 1 aromatic heterocycles. The van der Waals surface area contributed by atoms with Crippen LogP contribution in [-0.4, -0.2) is 16.6 Å². The Kier molecular flexibility index (Phi) is 4.09. The summed E-state index contributed by atoms with van der Waals surface area (Å²) < 4.78 is 14.1. The van der Waals surface area contributed by atoms with Gasteiger partial charge >= 0.3 is 0 Å². The maximum absolute atomic E-state index is 5.59. The molecule has 0 saturated heterocycles. The first-order valence-electron chi connectivity index (χ1n) is 8.60. The number of nitrogens with zero attached hydrogens (tertiary/aromatic N) is 2. The quantitative estimate of drug-likeness (QED) is 0.372. The average molecular weight is 466 g/mol. The van der Waals surface area contributed by atoms with Crippen LogP contribution in [0, 0.1) is 3.57 Å². The van der Waals surface area contributed by atoms with Gasteiger partial charge in [-0.05, 0) is 34.7 Å². The van der Waals surface area contributed by atoms with Gasteiger partial charge in [-0.15, -0.1) is 0 Å². The molecule has 0 unspecified atom stereocenters. The molecule has 0 amide bonds. The van der Waals surface area contributed by atoms with Crippen LogP contribution in [0.25, 0.3) is 28.2 Å². The minimum atomic E-state index is 0.259. The Labute approximate surface area is 170 Å². The Bertz CT molecular complexity index is 1110. The van der Waals surface area contributed by atoms with Crippen LogP contribution < -0.4 is 9.47 Å². The first-order valence-corrected chi connectivity index (χ1v) is 9.68. The molecule has 3 aromatic carbocycles. The first-order chi connectivity index (χ1) is 13.3. The van der Waals surface area contributed by atoms with Gasteiger partial charge in [-0.3, -0.25) is 0 Å². The molecule has 0 fully saturated rings. The number of fused-ring (bicyclic) bond motifs is 1. The monoisotopic (exact) mass is 466 g/mol. The number of hydrogen-bond acceptors (Lipinski definition) is 3. The zero-order valence-electron chi connectivity index (χ0n) is 14.3. The van der Waals surface area contributed by atoms with Crippen molar-refractivity contribution in [2.75, 3.05) is 6.79 Å². The van der Waals surface area contributed by atoms with E-state index in [0.29, 0.717) is 0 Å². The standard InChI is InChI=1S/C22H15IN2O2/c23-17-11-21-22(27-14-26-21)13-20(17)25-19(16-9-5-2-6-10-16)12-18(24-25)15-7-3-1-4-8-15/h1-13H,14H2. The summed E-state index contributed by atoms with van der Waals surface area (Å²) in [5.74, 6) is 1.53. The molecular formula is C22H15IN2O2. The Morgan fingerprint density at radius 3 is 2.11 bits per heavy atom. The van der Waals surface area contributed by atoms with E-state index in [1.54, 1.807) is 0 Å². The SMILES string of the molecule is Ic1cc2c(cc1-n1nc(-c3ccccc3)cc1-c1ccccc1)OCO2. The molecule has 1 aliphatic rings. The predicted molar refractivity (Wildman–Crippen MR) is 113 cm³/mol. The van der Waals surface area contributed by atoms with Crippen LogP contribution in [0.3, 0.4) is 0 Å². The molecule has 5 rings (SSSR count). The fourth-order valence-electron chi connectivity index (χ4n) is 3.20. The fourth-order valence-corrected chi connectivity index (χ4v) is 3.87. The molecule has 0 radical (unpaired) electrons. The summed E-state index contributed by atoms with van der Waals surface area (Å²) in [6, 6.07) is 26.6. The average Bonchev–Trinajstić information content (AvgIpc) is 3.35. The zero-order chi connectivity index (χ0) is 18.2. The molecule has 2 heterocycles. The molecule has 4 aromatic rings. The molecule has 0 saturated carbocycles. The highest BCUT2D eigenvalue weighted by molar-refractivity contribution is 14.1. The van der Waals surface area contributed by atoms with E-state index in [1.807, 2.05) is 53.2 Å². The summed E-state index contributed by atoms with van der Waals surface area (Å²) in [5.41, 5.74) is 5.14. The smallest absolute Gasteiger partial charge is 0.231 e. The summed E-state index contributed by atoms with van der Waals surface area (Å²) in [7, 11) is 0. The van der Waals surface area contributed by atoms with Gasteiger partial charge in [0, 0.05) is 20.8 Å². The molecule has 4 nitrogen and oxygen atoms in total. The lowest BCUT2D eigenvalue weighted by molar-refractivity contribution is 0.174. The molecule has 1 aliphatic heterocycles. The van der Waals surface area contributed by atoms with E-state index in [9.17, 15) is 0 Å². The topological polar surface area (TPSA) is 36.3 Å². The third-order valence-corrected chi connectivity index (χ3v) is 5.38. The Balaban J connectivity index is 1.73. The van der Waals surface area contributed by atoms with Crippen LogP contribution in [0.15, 0.2) is 78.9 Å². The van der Waals surface area contributed by atoms with E-state index in [2.05, 4.69) is 52.9 Å². The lowest BCUT2D eigenvalue weighted by atomic mass is 10.1. The Morgan fingerprint density at radius 2 is 1.41 bits per heavy atom. The summed E-state index contributed by atoms with van der Waals surface area (Å²) in [6.07, 6.45) is 0. The highest BCUT2D eigenvalue weighted by Gasteiger charge is 2.20. The van der Waals surface area contributed by atoms with Crippen LogP contribution in [-0.2, 0) is 0 Å². The van der Waals surface area contributed by atoms with Crippen molar-refractivity contribution >= 4 is 22.6 Å². The van der Waals surface area contributed by atoms with E-state index in [1.165, 1.54) is 0 Å². The van der Waals surface area contributed by atoms with Gasteiger partial charge in [0.25, 0.3) is 0 Å². The maximum atomic E-state index is 5.59. The molecular weight excluding hydrogens is 451 g/mol. The van der Waals surface area contributed by atoms with Crippen LogP contribution in [0.5, 0.6) is 11.5 Å². The lowest BCUT2D eigenvalue weighted by Gasteiger charge is -2.11. The molecule has 0 spiro atoms. The van der Waals surface area contributed by atoms with Gasteiger partial charge in [-0.25, -0.2) is 4.68 Å². The van der Waals surface area contributed by atoms with Gasteiger partial charge in [0.15, 0.2) is 11.5 Å². The van der Waals surface area contributed by atoms with E-state index in [0.717, 1.165) is 43.3 Å². The number of aromatic nitrogens is 2. The lowest BCUT2D eigenvalue weighted by Crippen LogP contribution is -2.02. The summed E-state index contributed by atoms with van der Waals surface area (Å²) in [4.78, 5) is 0. The van der Waals surface area contributed by atoms with Gasteiger partial charge < -0.3 is 9.47 Å². The van der Waals surface area contributed by atoms with Crippen molar-refractivity contribution in [3.05, 3.63) is 82.4 Å². The second kappa shape index (κ2) is 6.74. The summed E-state index contributed by atoms with van der Waals surface area (Å²) >= 11 is 2.32. The predicted octanol–water partition coefficient (Wildman–Crippen LogP) is 5.54. The summed E-state index contributed by atoms with van der Waals surface area (Å²) in [5, 5.41) is 4.93. The highest BCUT2D eigenvalue weighted by Crippen LogP contribution is 2.38. The summed E-state index contributed by atoms with van der Waals surface area (Å²) in [6.45, 7) is 0.259. The molecule has 132 valence electrons. The maximum Gasteiger partial charge on any atom is 0.231 e. The second-order valence-corrected chi connectivity index (χ2v) is 7.38. The first kappa shape index (κ1) is 16.4. The minimum Gasteiger partial charge on any atom is -0.454 e.